The lowest BCUT2D eigenvalue weighted by molar-refractivity contribution is 0.0945. The Labute approximate surface area is 118 Å². The van der Waals surface area contributed by atoms with Crippen LogP contribution in [0.5, 0.6) is 0 Å². The summed E-state index contributed by atoms with van der Waals surface area (Å²) in [5.74, 6) is 0.198. The number of nitrogens with one attached hydrogen (secondary N) is 1. The van der Waals surface area contributed by atoms with E-state index in [1.54, 1.807) is 0 Å². The average molecular weight is 285 g/mol. The van der Waals surface area contributed by atoms with Crippen molar-refractivity contribution < 1.29 is 9.90 Å². The van der Waals surface area contributed by atoms with Crippen LogP contribution < -0.4 is 5.32 Å². The summed E-state index contributed by atoms with van der Waals surface area (Å²) < 4.78 is 3.88. The number of aliphatic hydroxyl groups is 1. The number of nitrogens with zero attached hydrogens (tertiary/aromatic N) is 2. The Morgan fingerprint density at radius 3 is 2.68 bits per heavy atom. The zero-order chi connectivity index (χ0) is 14.5. The summed E-state index contributed by atoms with van der Waals surface area (Å²) in [6, 6.07) is 0. The molecule has 108 valence electrons. The van der Waals surface area contributed by atoms with Crippen molar-refractivity contribution in [2.75, 3.05) is 13.2 Å². The van der Waals surface area contributed by atoms with Crippen LogP contribution in [0.4, 0.5) is 0 Å². The van der Waals surface area contributed by atoms with Crippen LogP contribution >= 0.6 is 11.5 Å². The van der Waals surface area contributed by atoms with Gasteiger partial charge in [-0.25, -0.2) is 0 Å². The molecule has 5 nitrogen and oxygen atoms in total. The van der Waals surface area contributed by atoms with E-state index in [0.29, 0.717) is 23.8 Å². The number of aromatic nitrogens is 2. The lowest BCUT2D eigenvalue weighted by atomic mass is 9.91. The first-order chi connectivity index (χ1) is 8.90. The minimum Gasteiger partial charge on any atom is -0.396 e. The Bertz CT molecular complexity index is 412. The molecule has 0 fully saturated rings. The van der Waals surface area contributed by atoms with E-state index in [2.05, 4.69) is 21.8 Å². The minimum absolute atomic E-state index is 0.115. The van der Waals surface area contributed by atoms with Crippen LogP contribution in [0.1, 0.15) is 55.9 Å². The summed E-state index contributed by atoms with van der Waals surface area (Å²) in [7, 11) is 0. The molecule has 0 spiro atoms. The highest BCUT2D eigenvalue weighted by Crippen LogP contribution is 2.25. The van der Waals surface area contributed by atoms with Crippen LogP contribution in [0.3, 0.4) is 0 Å². The van der Waals surface area contributed by atoms with Crippen molar-refractivity contribution in [3.63, 3.8) is 0 Å². The highest BCUT2D eigenvalue weighted by Gasteiger charge is 2.26. The summed E-state index contributed by atoms with van der Waals surface area (Å²) in [5, 5.41) is 15.9. The number of rotatable bonds is 6. The van der Waals surface area contributed by atoms with Crippen molar-refractivity contribution in [3.8, 4) is 0 Å². The molecule has 0 radical (unpaired) electrons. The molecule has 0 aliphatic heterocycles. The zero-order valence-corrected chi connectivity index (χ0v) is 12.9. The fraction of sp³-hybridized carbons (Fsp3) is 0.769. The smallest absolute Gasteiger partial charge is 0.264 e. The van der Waals surface area contributed by atoms with Gasteiger partial charge in [0.2, 0.25) is 0 Å². The van der Waals surface area contributed by atoms with Crippen molar-refractivity contribution in [1.82, 2.24) is 14.9 Å². The van der Waals surface area contributed by atoms with Crippen molar-refractivity contribution in [2.24, 2.45) is 5.92 Å². The number of carbonyl (C=O) groups is 1. The molecule has 0 aliphatic rings. The highest BCUT2D eigenvalue weighted by atomic mass is 32.1. The molecule has 0 saturated carbocycles. The lowest BCUT2D eigenvalue weighted by Gasteiger charge is -2.17. The van der Waals surface area contributed by atoms with Gasteiger partial charge in [0.25, 0.3) is 5.91 Å². The van der Waals surface area contributed by atoms with E-state index < -0.39 is 0 Å². The predicted octanol–water partition coefficient (Wildman–Crippen LogP) is 1.97. The molecule has 1 atom stereocenters. The highest BCUT2D eigenvalue weighted by molar-refractivity contribution is 7.08. The van der Waals surface area contributed by atoms with Gasteiger partial charge in [0, 0.05) is 18.6 Å². The van der Waals surface area contributed by atoms with Gasteiger partial charge in [-0.3, -0.25) is 4.79 Å². The van der Waals surface area contributed by atoms with Crippen molar-refractivity contribution >= 4 is 17.4 Å². The quantitative estimate of drug-likeness (QED) is 0.838. The molecule has 0 saturated heterocycles. The van der Waals surface area contributed by atoms with E-state index in [1.165, 1.54) is 0 Å². The fourth-order valence-electron chi connectivity index (χ4n) is 1.78. The normalized spacial score (nSPS) is 13.3. The van der Waals surface area contributed by atoms with Gasteiger partial charge >= 0.3 is 0 Å². The van der Waals surface area contributed by atoms with Crippen LogP contribution in [0.25, 0.3) is 0 Å². The molecule has 6 heteroatoms. The Balaban J connectivity index is 2.66. The first-order valence-electron chi connectivity index (χ1n) is 6.62. The summed E-state index contributed by atoms with van der Waals surface area (Å²) in [6.45, 7) is 8.84. The van der Waals surface area contributed by atoms with E-state index in [-0.39, 0.29) is 17.9 Å². The molecule has 1 unspecified atom stereocenters. The maximum atomic E-state index is 12.2. The largest absolute Gasteiger partial charge is 0.396 e. The summed E-state index contributed by atoms with van der Waals surface area (Å²) in [5.41, 5.74) is 0.555. The second-order valence-corrected chi connectivity index (χ2v) is 6.45. The van der Waals surface area contributed by atoms with Crippen molar-refractivity contribution in [1.29, 1.82) is 0 Å². The van der Waals surface area contributed by atoms with Crippen LogP contribution in [0.15, 0.2) is 0 Å². The molecule has 2 N–H and O–H groups in total. The van der Waals surface area contributed by atoms with Crippen LogP contribution in [-0.4, -0.2) is 33.8 Å². The predicted molar refractivity (Wildman–Crippen MR) is 76.4 cm³/mol. The van der Waals surface area contributed by atoms with Gasteiger partial charge in [-0.15, -0.1) is 5.10 Å². The molecule has 0 aromatic carbocycles. The third-order valence-electron chi connectivity index (χ3n) is 3.07. The van der Waals surface area contributed by atoms with Gasteiger partial charge in [-0.1, -0.05) is 38.6 Å². The van der Waals surface area contributed by atoms with Gasteiger partial charge < -0.3 is 10.4 Å². The third-order valence-corrected chi connectivity index (χ3v) is 3.80. The van der Waals surface area contributed by atoms with Gasteiger partial charge in [-0.05, 0) is 23.9 Å². The molecule has 1 rings (SSSR count). The summed E-state index contributed by atoms with van der Waals surface area (Å²) in [6.07, 6.45) is 1.65. The minimum atomic E-state index is -0.186. The standard InChI is InChI=1S/C13H23N3O2S/c1-5-9(6-7-17)8-14-12(18)10-11(13(2,3)4)15-16-19-10/h9,17H,5-8H2,1-4H3,(H,14,18). The maximum absolute atomic E-state index is 12.2. The van der Waals surface area contributed by atoms with Gasteiger partial charge in [0.05, 0.1) is 5.69 Å². The number of amides is 1. The molecular weight excluding hydrogens is 262 g/mol. The van der Waals surface area contributed by atoms with E-state index in [9.17, 15) is 4.79 Å². The maximum Gasteiger partial charge on any atom is 0.264 e. The molecule has 0 bridgehead atoms. The van der Waals surface area contributed by atoms with E-state index in [1.807, 2.05) is 20.8 Å². The Hall–Kier alpha value is -1.01. The van der Waals surface area contributed by atoms with Gasteiger partial charge in [-0.2, -0.15) is 0 Å². The molecule has 0 aliphatic carbocycles. The number of aliphatic hydroxyl groups excluding tert-OH is 1. The number of carbonyl (C=O) groups excluding carboxylic acids is 1. The van der Waals surface area contributed by atoms with E-state index in [0.717, 1.165) is 23.6 Å². The number of hydrogen-bond donors (Lipinski definition) is 2. The molecule has 1 amide bonds. The van der Waals surface area contributed by atoms with Crippen molar-refractivity contribution in [2.45, 2.75) is 46.0 Å². The molecule has 1 heterocycles. The van der Waals surface area contributed by atoms with Crippen LogP contribution in [0, 0.1) is 5.92 Å². The SMILES string of the molecule is CCC(CCO)CNC(=O)c1snnc1C(C)(C)C. The molecule has 1 aromatic heterocycles. The third kappa shape index (κ3) is 4.54. The monoisotopic (exact) mass is 285 g/mol. The van der Waals surface area contributed by atoms with Crippen LogP contribution in [-0.2, 0) is 5.41 Å². The zero-order valence-electron chi connectivity index (χ0n) is 12.1. The molecule has 1 aromatic rings. The first kappa shape index (κ1) is 16.0. The Kier molecular flexibility index (Phi) is 5.87. The molecule has 19 heavy (non-hydrogen) atoms. The average Bonchev–Trinajstić information content (AvgIpc) is 2.83. The Morgan fingerprint density at radius 2 is 2.16 bits per heavy atom. The summed E-state index contributed by atoms with van der Waals surface area (Å²) in [4.78, 5) is 12.7. The van der Waals surface area contributed by atoms with Crippen molar-refractivity contribution in [3.05, 3.63) is 10.6 Å². The lowest BCUT2D eigenvalue weighted by Crippen LogP contribution is -2.30. The fourth-order valence-corrected chi connectivity index (χ4v) is 2.57. The molecular formula is C13H23N3O2S. The second-order valence-electron chi connectivity index (χ2n) is 5.70. The second kappa shape index (κ2) is 6.96. The number of hydrogen-bond acceptors (Lipinski definition) is 5. The summed E-state index contributed by atoms with van der Waals surface area (Å²) >= 11 is 1.13. The first-order valence-corrected chi connectivity index (χ1v) is 7.39. The van der Waals surface area contributed by atoms with Gasteiger partial charge in [0.15, 0.2) is 0 Å². The topological polar surface area (TPSA) is 75.1 Å². The van der Waals surface area contributed by atoms with Crippen LogP contribution in [0.2, 0.25) is 0 Å². The van der Waals surface area contributed by atoms with E-state index >= 15 is 0 Å². The van der Waals surface area contributed by atoms with E-state index in [4.69, 9.17) is 5.11 Å². The Morgan fingerprint density at radius 1 is 1.47 bits per heavy atom. The van der Waals surface area contributed by atoms with Gasteiger partial charge in [0.1, 0.15) is 4.88 Å².